The minimum atomic E-state index is -1.11. The number of carboxylic acid groups (broad SMARTS) is 1. The number of amides is 2. The van der Waals surface area contributed by atoms with Gasteiger partial charge in [0.2, 0.25) is 0 Å². The molecule has 0 atom stereocenters. The smallest absolute Gasteiger partial charge is 0.322 e. The van der Waals surface area contributed by atoms with Crippen molar-refractivity contribution in [3.63, 3.8) is 0 Å². The average molecular weight is 358 g/mol. The molecule has 3 N–H and O–H groups in total. The van der Waals surface area contributed by atoms with E-state index in [0.717, 1.165) is 11.3 Å². The van der Waals surface area contributed by atoms with Crippen molar-refractivity contribution in [2.24, 2.45) is 0 Å². The number of carbonyl (C=O) groups excluding carboxylic acids is 2. The molecule has 0 bridgehead atoms. The van der Waals surface area contributed by atoms with Gasteiger partial charge in [0, 0.05) is 22.6 Å². The van der Waals surface area contributed by atoms with Gasteiger partial charge in [-0.05, 0) is 48.2 Å². The van der Waals surface area contributed by atoms with Gasteiger partial charge in [0.05, 0.1) is 0 Å². The van der Waals surface area contributed by atoms with Crippen LogP contribution in [0.3, 0.4) is 0 Å². The Bertz CT molecular complexity index is 758. The number of rotatable bonds is 7. The van der Waals surface area contributed by atoms with Gasteiger partial charge < -0.3 is 15.7 Å². The number of anilines is 1. The predicted octanol–water partition coefficient (Wildman–Crippen LogP) is 2.62. The largest absolute Gasteiger partial charge is 0.480 e. The first kappa shape index (κ1) is 18.5. The van der Waals surface area contributed by atoms with Crippen molar-refractivity contribution in [3.8, 4) is 0 Å². The first-order valence-electron chi connectivity index (χ1n) is 7.49. The molecule has 25 heavy (non-hydrogen) atoms. The molecule has 130 valence electrons. The van der Waals surface area contributed by atoms with Gasteiger partial charge in [-0.25, -0.2) is 0 Å². The molecule has 0 radical (unpaired) electrons. The van der Waals surface area contributed by atoms with Crippen molar-refractivity contribution in [1.29, 1.82) is 0 Å². The van der Waals surface area contributed by atoms with Gasteiger partial charge in [-0.1, -0.05) is 12.1 Å². The lowest BCUT2D eigenvalue weighted by Gasteiger charge is -2.07. The molecule has 2 rings (SSSR count). The third kappa shape index (κ3) is 5.65. The van der Waals surface area contributed by atoms with Crippen LogP contribution in [0.1, 0.15) is 26.3 Å². The minimum Gasteiger partial charge on any atom is -0.480 e. The summed E-state index contributed by atoms with van der Waals surface area (Å²) in [6.07, 6.45) is 2.02. The second-order valence-electron chi connectivity index (χ2n) is 5.24. The fourth-order valence-electron chi connectivity index (χ4n) is 2.09. The number of benzene rings is 2. The fraction of sp³-hybridized carbons (Fsp3) is 0.167. The third-order valence-electron chi connectivity index (χ3n) is 3.33. The lowest BCUT2D eigenvalue weighted by atomic mass is 10.1. The predicted molar refractivity (Wildman–Crippen MR) is 98.0 cm³/mol. The highest BCUT2D eigenvalue weighted by Gasteiger charge is 2.09. The molecule has 0 fully saturated rings. The second-order valence-corrected chi connectivity index (χ2v) is 6.10. The molecule has 2 aromatic rings. The highest BCUT2D eigenvalue weighted by atomic mass is 32.2. The summed E-state index contributed by atoms with van der Waals surface area (Å²) in [5.41, 5.74) is 2.57. The van der Waals surface area contributed by atoms with E-state index >= 15 is 0 Å². The summed E-state index contributed by atoms with van der Waals surface area (Å²) in [6, 6.07) is 13.6. The van der Waals surface area contributed by atoms with Crippen molar-refractivity contribution in [2.75, 3.05) is 18.1 Å². The number of carbonyl (C=O) groups is 3. The first-order chi connectivity index (χ1) is 12.0. The molecule has 7 heteroatoms. The summed E-state index contributed by atoms with van der Waals surface area (Å²) in [5.74, 6) is -0.933. The van der Waals surface area contributed by atoms with E-state index in [0.29, 0.717) is 16.8 Å². The molecule has 0 unspecified atom stereocenters. The van der Waals surface area contributed by atoms with E-state index in [-0.39, 0.29) is 5.91 Å². The summed E-state index contributed by atoms with van der Waals surface area (Å²) in [4.78, 5) is 34.4. The molecule has 0 heterocycles. The van der Waals surface area contributed by atoms with Crippen LogP contribution in [0.4, 0.5) is 5.69 Å². The van der Waals surface area contributed by atoms with Crippen LogP contribution in [0.25, 0.3) is 0 Å². The molecule has 0 aliphatic heterocycles. The lowest BCUT2D eigenvalue weighted by molar-refractivity contribution is -0.135. The Labute approximate surface area is 149 Å². The van der Waals surface area contributed by atoms with Crippen LogP contribution in [0, 0.1) is 0 Å². The Morgan fingerprint density at radius 2 is 1.48 bits per heavy atom. The van der Waals surface area contributed by atoms with Gasteiger partial charge in [-0.2, -0.15) is 11.8 Å². The van der Waals surface area contributed by atoms with Crippen molar-refractivity contribution in [1.82, 2.24) is 5.32 Å². The van der Waals surface area contributed by atoms with Crippen molar-refractivity contribution < 1.29 is 19.5 Å². The topological polar surface area (TPSA) is 95.5 Å². The molecule has 0 saturated carbocycles. The molecule has 0 saturated heterocycles. The summed E-state index contributed by atoms with van der Waals surface area (Å²) in [7, 11) is 0. The van der Waals surface area contributed by atoms with E-state index < -0.39 is 18.4 Å². The van der Waals surface area contributed by atoms with Crippen LogP contribution in [0.5, 0.6) is 0 Å². The Morgan fingerprint density at radius 1 is 0.920 bits per heavy atom. The zero-order valence-corrected chi connectivity index (χ0v) is 14.4. The van der Waals surface area contributed by atoms with Gasteiger partial charge >= 0.3 is 5.97 Å². The molecule has 0 aliphatic carbocycles. The highest BCUT2D eigenvalue weighted by molar-refractivity contribution is 7.97. The molecule has 0 spiro atoms. The van der Waals surface area contributed by atoms with E-state index in [4.69, 9.17) is 5.11 Å². The normalized spacial score (nSPS) is 10.1. The van der Waals surface area contributed by atoms with E-state index in [1.807, 2.05) is 18.4 Å². The van der Waals surface area contributed by atoms with Crippen LogP contribution in [-0.2, 0) is 10.5 Å². The van der Waals surface area contributed by atoms with Crippen molar-refractivity contribution in [3.05, 3.63) is 65.2 Å². The summed E-state index contributed by atoms with van der Waals surface area (Å²) in [5, 5.41) is 13.6. The van der Waals surface area contributed by atoms with Crippen molar-refractivity contribution in [2.45, 2.75) is 5.75 Å². The number of thioether (sulfide) groups is 1. The van der Waals surface area contributed by atoms with Crippen LogP contribution in [-0.4, -0.2) is 35.7 Å². The van der Waals surface area contributed by atoms with Crippen LogP contribution in [0.15, 0.2) is 48.5 Å². The number of hydrogen-bond acceptors (Lipinski definition) is 4. The van der Waals surface area contributed by atoms with Crippen molar-refractivity contribution >= 4 is 35.2 Å². The Morgan fingerprint density at radius 3 is 2.04 bits per heavy atom. The molecular formula is C18H18N2O4S. The molecule has 0 aliphatic rings. The van der Waals surface area contributed by atoms with Crippen LogP contribution >= 0.6 is 11.8 Å². The zero-order valence-electron chi connectivity index (χ0n) is 13.6. The molecule has 6 nitrogen and oxygen atoms in total. The molecule has 2 amide bonds. The summed E-state index contributed by atoms with van der Waals surface area (Å²) in [6.45, 7) is -0.441. The van der Waals surface area contributed by atoms with E-state index in [1.165, 1.54) is 12.1 Å². The van der Waals surface area contributed by atoms with E-state index in [1.54, 1.807) is 36.0 Å². The maximum Gasteiger partial charge on any atom is 0.322 e. The molecule has 0 aromatic heterocycles. The SMILES string of the molecule is CSCc1ccc(C(=O)Nc2ccc(C(=O)NCC(=O)O)cc2)cc1. The average Bonchev–Trinajstić information content (AvgIpc) is 2.61. The number of hydrogen-bond donors (Lipinski definition) is 3. The number of carboxylic acids is 1. The van der Waals surface area contributed by atoms with E-state index in [9.17, 15) is 14.4 Å². The maximum atomic E-state index is 12.2. The van der Waals surface area contributed by atoms with E-state index in [2.05, 4.69) is 10.6 Å². The Hall–Kier alpha value is -2.80. The third-order valence-corrected chi connectivity index (χ3v) is 3.95. The first-order valence-corrected chi connectivity index (χ1v) is 8.88. The van der Waals surface area contributed by atoms with Gasteiger partial charge in [-0.3, -0.25) is 14.4 Å². The monoisotopic (exact) mass is 358 g/mol. The van der Waals surface area contributed by atoms with Gasteiger partial charge in [0.15, 0.2) is 0 Å². The zero-order chi connectivity index (χ0) is 18.2. The number of aliphatic carboxylic acids is 1. The Kier molecular flexibility index (Phi) is 6.59. The van der Waals surface area contributed by atoms with Gasteiger partial charge in [0.25, 0.3) is 11.8 Å². The van der Waals surface area contributed by atoms with Crippen LogP contribution < -0.4 is 10.6 Å². The van der Waals surface area contributed by atoms with Gasteiger partial charge in [0.1, 0.15) is 6.54 Å². The maximum absolute atomic E-state index is 12.2. The summed E-state index contributed by atoms with van der Waals surface area (Å²) < 4.78 is 0. The number of nitrogens with one attached hydrogen (secondary N) is 2. The Balaban J connectivity index is 1.97. The standard InChI is InChI=1S/C18H18N2O4S/c1-25-11-12-2-4-14(5-3-12)18(24)20-15-8-6-13(7-9-15)17(23)19-10-16(21)22/h2-9H,10-11H2,1H3,(H,19,23)(H,20,24)(H,21,22). The quantitative estimate of drug-likeness (QED) is 0.707. The summed E-state index contributed by atoms with van der Waals surface area (Å²) >= 11 is 1.71. The molecular weight excluding hydrogens is 340 g/mol. The second kappa shape index (κ2) is 8.89. The lowest BCUT2D eigenvalue weighted by Crippen LogP contribution is -2.29. The van der Waals surface area contributed by atoms with Gasteiger partial charge in [-0.15, -0.1) is 0 Å². The minimum absolute atomic E-state index is 0.237. The highest BCUT2D eigenvalue weighted by Crippen LogP contribution is 2.14. The molecule has 2 aromatic carbocycles. The van der Waals surface area contributed by atoms with Crippen LogP contribution in [0.2, 0.25) is 0 Å². The fourth-order valence-corrected chi connectivity index (χ4v) is 2.61.